The zero-order valence-electron chi connectivity index (χ0n) is 19.2. The second kappa shape index (κ2) is 11.4. The summed E-state index contributed by atoms with van der Waals surface area (Å²) in [4.78, 5) is 13.2. The number of hydrogen-bond acceptors (Lipinski definition) is 8. The third-order valence-electron chi connectivity index (χ3n) is 5.05. The van der Waals surface area contributed by atoms with E-state index in [1.165, 1.54) is 5.56 Å². The molecule has 4 rings (SSSR count). The predicted octanol–water partition coefficient (Wildman–Crippen LogP) is 5.11. The maximum absolute atomic E-state index is 5.31. The molecule has 2 aromatic heterocycles. The third kappa shape index (κ3) is 6.52. The Morgan fingerprint density at radius 3 is 2.50 bits per heavy atom. The van der Waals surface area contributed by atoms with Crippen molar-refractivity contribution < 1.29 is 4.74 Å². The summed E-state index contributed by atoms with van der Waals surface area (Å²) in [6.45, 7) is 2.63. The Bertz CT molecular complexity index is 1230. The summed E-state index contributed by atoms with van der Waals surface area (Å²) in [6.07, 6.45) is 4.31. The predicted molar refractivity (Wildman–Crippen MR) is 137 cm³/mol. The Hall–Kier alpha value is -4.46. The van der Waals surface area contributed by atoms with Crippen LogP contribution in [-0.2, 0) is 6.42 Å². The molecule has 0 saturated heterocycles. The summed E-state index contributed by atoms with van der Waals surface area (Å²) in [7, 11) is 1.67. The van der Waals surface area contributed by atoms with Gasteiger partial charge in [-0.3, -0.25) is 10.4 Å². The lowest BCUT2D eigenvalue weighted by atomic mass is 10.1. The lowest BCUT2D eigenvalue weighted by Crippen LogP contribution is -2.10. The smallest absolute Gasteiger partial charge is 0.231 e. The van der Waals surface area contributed by atoms with Gasteiger partial charge in [0.2, 0.25) is 5.95 Å². The number of anilines is 4. The van der Waals surface area contributed by atoms with Crippen LogP contribution in [0.15, 0.2) is 90.3 Å². The summed E-state index contributed by atoms with van der Waals surface area (Å²) >= 11 is 0. The largest absolute Gasteiger partial charge is 0.497 e. The van der Waals surface area contributed by atoms with Crippen LogP contribution in [0.25, 0.3) is 0 Å². The highest BCUT2D eigenvalue weighted by molar-refractivity contribution is 5.98. The number of methoxy groups -OCH3 is 1. The standard InChI is InChI=1S/C26H27N7O/c1-19(21-12-14-27-15-13-21)32-33-25-18-24(28-16-11-20-7-6-10-23(17-20)34-2)30-26(31-25)29-22-8-4-3-5-9-22/h3-10,12-15,17-18H,11,16H2,1-2H3,(H3,28,29,30,31,33). The molecule has 2 heterocycles. The number of pyridine rings is 1. The molecule has 172 valence electrons. The Morgan fingerprint density at radius 2 is 1.71 bits per heavy atom. The monoisotopic (exact) mass is 453 g/mol. The molecule has 0 fully saturated rings. The number of aromatic nitrogens is 3. The highest BCUT2D eigenvalue weighted by Gasteiger charge is 2.06. The van der Waals surface area contributed by atoms with Gasteiger partial charge in [-0.2, -0.15) is 15.1 Å². The summed E-state index contributed by atoms with van der Waals surface area (Å²) in [6, 6.07) is 23.5. The minimum Gasteiger partial charge on any atom is -0.497 e. The lowest BCUT2D eigenvalue weighted by Gasteiger charge is -2.12. The fraction of sp³-hybridized carbons (Fsp3) is 0.154. The average molecular weight is 454 g/mol. The van der Waals surface area contributed by atoms with Crippen LogP contribution in [0.5, 0.6) is 5.75 Å². The van der Waals surface area contributed by atoms with E-state index in [-0.39, 0.29) is 0 Å². The van der Waals surface area contributed by atoms with Crippen LogP contribution < -0.4 is 20.8 Å². The van der Waals surface area contributed by atoms with Gasteiger partial charge in [-0.25, -0.2) is 0 Å². The first-order chi connectivity index (χ1) is 16.7. The van der Waals surface area contributed by atoms with Crippen molar-refractivity contribution in [1.82, 2.24) is 15.0 Å². The minimum absolute atomic E-state index is 0.469. The molecule has 0 saturated carbocycles. The quantitative estimate of drug-likeness (QED) is 0.227. The maximum Gasteiger partial charge on any atom is 0.231 e. The van der Waals surface area contributed by atoms with E-state index in [0.717, 1.165) is 29.1 Å². The normalized spacial score (nSPS) is 11.1. The Morgan fingerprint density at radius 1 is 0.912 bits per heavy atom. The Labute approximate surface area is 199 Å². The topological polar surface area (TPSA) is 96.4 Å². The lowest BCUT2D eigenvalue weighted by molar-refractivity contribution is 0.414. The number of rotatable bonds is 10. The first-order valence-electron chi connectivity index (χ1n) is 11.0. The van der Waals surface area contributed by atoms with Crippen molar-refractivity contribution in [3.05, 3.63) is 96.3 Å². The van der Waals surface area contributed by atoms with Crippen molar-refractivity contribution in [1.29, 1.82) is 0 Å². The molecule has 0 aliphatic heterocycles. The highest BCUT2D eigenvalue weighted by Crippen LogP contribution is 2.19. The Balaban J connectivity index is 1.50. The van der Waals surface area contributed by atoms with Gasteiger partial charge >= 0.3 is 0 Å². The van der Waals surface area contributed by atoms with Crippen LogP contribution in [0.1, 0.15) is 18.1 Å². The number of hydrogen-bond donors (Lipinski definition) is 3. The molecule has 0 amide bonds. The number of hydrazone groups is 1. The molecule has 3 N–H and O–H groups in total. The van der Waals surface area contributed by atoms with Crippen molar-refractivity contribution in [2.75, 3.05) is 29.7 Å². The van der Waals surface area contributed by atoms with Gasteiger partial charge in [0.15, 0.2) is 5.82 Å². The number of benzene rings is 2. The van der Waals surface area contributed by atoms with E-state index in [4.69, 9.17) is 4.74 Å². The van der Waals surface area contributed by atoms with Gasteiger partial charge in [-0.05, 0) is 55.3 Å². The van der Waals surface area contributed by atoms with Crippen LogP contribution in [0.3, 0.4) is 0 Å². The first-order valence-corrected chi connectivity index (χ1v) is 11.0. The second-order valence-corrected chi connectivity index (χ2v) is 7.53. The fourth-order valence-corrected chi connectivity index (χ4v) is 3.26. The molecule has 4 aromatic rings. The summed E-state index contributed by atoms with van der Waals surface area (Å²) < 4.78 is 5.31. The number of para-hydroxylation sites is 1. The molecule has 0 spiro atoms. The van der Waals surface area contributed by atoms with Crippen molar-refractivity contribution in [2.45, 2.75) is 13.3 Å². The summed E-state index contributed by atoms with van der Waals surface area (Å²) in [5.41, 5.74) is 6.94. The molecule has 0 radical (unpaired) electrons. The number of ether oxygens (including phenoxy) is 1. The Kier molecular flexibility index (Phi) is 7.63. The van der Waals surface area contributed by atoms with Gasteiger partial charge in [-0.15, -0.1) is 0 Å². The molecule has 8 nitrogen and oxygen atoms in total. The molecule has 0 atom stereocenters. The molecule has 0 aliphatic rings. The van der Waals surface area contributed by atoms with Crippen molar-refractivity contribution >= 4 is 29.0 Å². The zero-order chi connectivity index (χ0) is 23.6. The zero-order valence-corrected chi connectivity index (χ0v) is 19.2. The van der Waals surface area contributed by atoms with E-state index in [2.05, 4.69) is 42.2 Å². The van der Waals surface area contributed by atoms with E-state index in [0.29, 0.717) is 24.1 Å². The van der Waals surface area contributed by atoms with Gasteiger partial charge in [-0.1, -0.05) is 30.3 Å². The summed E-state index contributed by atoms with van der Waals surface area (Å²) in [5, 5.41) is 11.1. The number of nitrogens with zero attached hydrogens (tertiary/aromatic N) is 4. The van der Waals surface area contributed by atoms with Crippen LogP contribution in [0.2, 0.25) is 0 Å². The van der Waals surface area contributed by atoms with Gasteiger partial charge in [0.25, 0.3) is 0 Å². The summed E-state index contributed by atoms with van der Waals surface area (Å²) in [5.74, 6) is 2.58. The van der Waals surface area contributed by atoms with Gasteiger partial charge < -0.3 is 15.4 Å². The van der Waals surface area contributed by atoms with Gasteiger partial charge in [0.1, 0.15) is 11.6 Å². The van der Waals surface area contributed by atoms with Gasteiger partial charge in [0.05, 0.1) is 12.8 Å². The van der Waals surface area contributed by atoms with Crippen LogP contribution in [-0.4, -0.2) is 34.3 Å². The molecule has 2 aromatic carbocycles. The van der Waals surface area contributed by atoms with Gasteiger partial charge in [0, 0.05) is 36.3 Å². The highest BCUT2D eigenvalue weighted by atomic mass is 16.5. The molecule has 8 heteroatoms. The fourth-order valence-electron chi connectivity index (χ4n) is 3.26. The molecule has 0 bridgehead atoms. The molecule has 0 aliphatic carbocycles. The minimum atomic E-state index is 0.469. The van der Waals surface area contributed by atoms with Crippen molar-refractivity contribution in [2.24, 2.45) is 5.10 Å². The molecular formula is C26H27N7O. The van der Waals surface area contributed by atoms with Crippen LogP contribution in [0.4, 0.5) is 23.3 Å². The van der Waals surface area contributed by atoms with Crippen LogP contribution >= 0.6 is 0 Å². The van der Waals surface area contributed by atoms with Crippen molar-refractivity contribution in [3.63, 3.8) is 0 Å². The second-order valence-electron chi connectivity index (χ2n) is 7.53. The van der Waals surface area contributed by atoms with Crippen molar-refractivity contribution in [3.8, 4) is 5.75 Å². The van der Waals surface area contributed by atoms with E-state index in [1.807, 2.05) is 73.7 Å². The SMILES string of the molecule is COc1cccc(CCNc2cc(NN=C(C)c3ccncc3)nc(Nc3ccccc3)n2)c1. The third-order valence-corrected chi connectivity index (χ3v) is 5.05. The van der Waals surface area contributed by atoms with E-state index in [9.17, 15) is 0 Å². The van der Waals surface area contributed by atoms with E-state index in [1.54, 1.807) is 19.5 Å². The molecule has 0 unspecified atom stereocenters. The van der Waals surface area contributed by atoms with E-state index >= 15 is 0 Å². The van der Waals surface area contributed by atoms with Crippen LogP contribution in [0, 0.1) is 0 Å². The number of nitrogens with one attached hydrogen (secondary N) is 3. The van der Waals surface area contributed by atoms with E-state index < -0.39 is 0 Å². The molecular weight excluding hydrogens is 426 g/mol. The average Bonchev–Trinajstić information content (AvgIpc) is 2.88. The molecule has 34 heavy (non-hydrogen) atoms. The first kappa shape index (κ1) is 22.7. The maximum atomic E-state index is 5.31.